The number of ether oxygens (including phenoxy) is 1. The molecule has 2 aromatic carbocycles. The summed E-state index contributed by atoms with van der Waals surface area (Å²) < 4.78 is 5.27. The van der Waals surface area contributed by atoms with Gasteiger partial charge in [-0.05, 0) is 61.4 Å². The quantitative estimate of drug-likeness (QED) is 0.726. The normalized spacial score (nSPS) is 10.3. The predicted octanol–water partition coefficient (Wildman–Crippen LogP) is 4.10. The third-order valence-electron chi connectivity index (χ3n) is 3.79. The molecule has 0 atom stereocenters. The Bertz CT molecular complexity index is 923. The molecule has 0 saturated heterocycles. The molecule has 0 radical (unpaired) electrons. The van der Waals surface area contributed by atoms with Gasteiger partial charge in [-0.1, -0.05) is 18.2 Å². The molecule has 3 rings (SSSR count). The molecule has 0 unspecified atom stereocenters. The van der Waals surface area contributed by atoms with Crippen LogP contribution in [0.25, 0.3) is 0 Å². The third kappa shape index (κ3) is 4.16. The summed E-state index contributed by atoms with van der Waals surface area (Å²) in [4.78, 5) is 12.4. The first kappa shape index (κ1) is 17.4. The van der Waals surface area contributed by atoms with E-state index in [1.807, 2.05) is 56.3 Å². The zero-order chi connectivity index (χ0) is 18.5. The highest BCUT2D eigenvalue weighted by Gasteiger charge is 2.12. The zero-order valence-corrected chi connectivity index (χ0v) is 14.9. The third-order valence-corrected chi connectivity index (χ3v) is 3.79. The first-order chi connectivity index (χ1) is 12.5. The Morgan fingerprint density at radius 2 is 1.77 bits per heavy atom. The van der Waals surface area contributed by atoms with Crippen molar-refractivity contribution in [2.75, 3.05) is 17.7 Å². The fourth-order valence-corrected chi connectivity index (χ4v) is 2.50. The maximum Gasteiger partial charge on any atom is 0.276 e. The van der Waals surface area contributed by atoms with Crippen molar-refractivity contribution >= 4 is 23.1 Å². The van der Waals surface area contributed by atoms with Gasteiger partial charge in [0.25, 0.3) is 5.91 Å². The van der Waals surface area contributed by atoms with E-state index in [-0.39, 0.29) is 11.6 Å². The molecule has 0 aliphatic rings. The molecule has 6 nitrogen and oxygen atoms in total. The van der Waals surface area contributed by atoms with Crippen molar-refractivity contribution in [3.8, 4) is 5.75 Å². The van der Waals surface area contributed by atoms with Crippen LogP contribution in [-0.2, 0) is 0 Å². The summed E-state index contributed by atoms with van der Waals surface area (Å²) in [6.45, 7) is 3.96. The van der Waals surface area contributed by atoms with Gasteiger partial charge in [0.15, 0.2) is 11.5 Å². The minimum atomic E-state index is -0.344. The van der Waals surface area contributed by atoms with Crippen molar-refractivity contribution in [3.05, 3.63) is 71.4 Å². The van der Waals surface area contributed by atoms with Gasteiger partial charge in [-0.2, -0.15) is 0 Å². The first-order valence-corrected chi connectivity index (χ1v) is 8.18. The molecule has 0 spiro atoms. The van der Waals surface area contributed by atoms with Gasteiger partial charge in [-0.3, -0.25) is 4.79 Å². The van der Waals surface area contributed by atoms with E-state index in [0.29, 0.717) is 17.3 Å². The molecule has 1 amide bonds. The minimum Gasteiger partial charge on any atom is -0.495 e. The van der Waals surface area contributed by atoms with E-state index in [1.54, 1.807) is 19.2 Å². The van der Waals surface area contributed by atoms with Gasteiger partial charge in [0, 0.05) is 5.69 Å². The molecular weight excluding hydrogens is 328 g/mol. The van der Waals surface area contributed by atoms with E-state index in [4.69, 9.17) is 4.74 Å². The summed E-state index contributed by atoms with van der Waals surface area (Å²) in [7, 11) is 1.56. The van der Waals surface area contributed by atoms with E-state index < -0.39 is 0 Å². The van der Waals surface area contributed by atoms with Crippen LogP contribution < -0.4 is 15.4 Å². The van der Waals surface area contributed by atoms with Crippen molar-refractivity contribution in [2.45, 2.75) is 13.8 Å². The molecule has 0 aliphatic heterocycles. The molecule has 1 heterocycles. The van der Waals surface area contributed by atoms with Gasteiger partial charge in [0.2, 0.25) is 0 Å². The lowest BCUT2D eigenvalue weighted by atomic mass is 10.2. The van der Waals surface area contributed by atoms with Gasteiger partial charge in [0.1, 0.15) is 5.75 Å². The number of aromatic nitrogens is 2. The number of rotatable bonds is 5. The number of hydrogen-bond donors (Lipinski definition) is 2. The maximum atomic E-state index is 12.4. The lowest BCUT2D eigenvalue weighted by molar-refractivity contribution is 0.102. The number of amides is 1. The molecule has 26 heavy (non-hydrogen) atoms. The fourth-order valence-electron chi connectivity index (χ4n) is 2.50. The van der Waals surface area contributed by atoms with Gasteiger partial charge in [0.05, 0.1) is 12.8 Å². The van der Waals surface area contributed by atoms with Crippen LogP contribution >= 0.6 is 0 Å². The van der Waals surface area contributed by atoms with Crippen molar-refractivity contribution in [3.63, 3.8) is 0 Å². The maximum absolute atomic E-state index is 12.4. The standard InChI is InChI=1S/C20H20N4O2/c1-13-5-4-6-15(11-13)21-19-10-8-16(23-24-19)20(25)22-17-12-14(2)7-9-18(17)26-3/h4-12H,1-3H3,(H,21,24)(H,22,25). The average Bonchev–Trinajstić information content (AvgIpc) is 2.62. The van der Waals surface area contributed by atoms with Gasteiger partial charge in [-0.25, -0.2) is 0 Å². The van der Waals surface area contributed by atoms with E-state index in [2.05, 4.69) is 20.8 Å². The van der Waals surface area contributed by atoms with Crippen LogP contribution in [0.1, 0.15) is 21.6 Å². The first-order valence-electron chi connectivity index (χ1n) is 8.18. The van der Waals surface area contributed by atoms with Crippen LogP contribution in [0.2, 0.25) is 0 Å². The number of anilines is 3. The SMILES string of the molecule is COc1ccc(C)cc1NC(=O)c1ccc(Nc2cccc(C)c2)nn1. The topological polar surface area (TPSA) is 76.1 Å². The Morgan fingerprint density at radius 1 is 0.962 bits per heavy atom. The Balaban J connectivity index is 1.72. The van der Waals surface area contributed by atoms with Crippen LogP contribution in [0.15, 0.2) is 54.6 Å². The number of benzene rings is 2. The second-order valence-electron chi connectivity index (χ2n) is 5.96. The van der Waals surface area contributed by atoms with E-state index in [1.165, 1.54) is 0 Å². The molecule has 0 bridgehead atoms. The minimum absolute atomic E-state index is 0.225. The van der Waals surface area contributed by atoms with Crippen LogP contribution in [-0.4, -0.2) is 23.2 Å². The molecule has 6 heteroatoms. The van der Waals surface area contributed by atoms with Crippen molar-refractivity contribution < 1.29 is 9.53 Å². The second-order valence-corrected chi connectivity index (χ2v) is 5.96. The largest absolute Gasteiger partial charge is 0.495 e. The number of hydrogen-bond acceptors (Lipinski definition) is 5. The van der Waals surface area contributed by atoms with Crippen molar-refractivity contribution in [1.29, 1.82) is 0 Å². The molecule has 0 saturated carbocycles. The Morgan fingerprint density at radius 3 is 2.46 bits per heavy atom. The number of methoxy groups -OCH3 is 1. The fraction of sp³-hybridized carbons (Fsp3) is 0.150. The number of carbonyl (C=O) groups excluding carboxylic acids is 1. The lowest BCUT2D eigenvalue weighted by Gasteiger charge is -2.11. The van der Waals surface area contributed by atoms with Crippen LogP contribution in [0.3, 0.4) is 0 Å². The van der Waals surface area contributed by atoms with Gasteiger partial charge >= 0.3 is 0 Å². The molecule has 0 fully saturated rings. The smallest absolute Gasteiger partial charge is 0.276 e. The number of carbonyl (C=O) groups is 1. The summed E-state index contributed by atoms with van der Waals surface area (Å²) in [6, 6.07) is 16.8. The summed E-state index contributed by atoms with van der Waals surface area (Å²) in [5, 5.41) is 14.0. The Kier molecular flexibility index (Phi) is 5.12. The Hall–Kier alpha value is -3.41. The van der Waals surface area contributed by atoms with Crippen LogP contribution in [0, 0.1) is 13.8 Å². The molecule has 2 N–H and O–H groups in total. The second kappa shape index (κ2) is 7.65. The van der Waals surface area contributed by atoms with E-state index in [9.17, 15) is 4.79 Å². The number of nitrogens with one attached hydrogen (secondary N) is 2. The summed E-state index contributed by atoms with van der Waals surface area (Å²) in [5.41, 5.74) is 3.90. The molecule has 1 aromatic heterocycles. The monoisotopic (exact) mass is 348 g/mol. The Labute approximate surface area is 152 Å². The number of nitrogens with zero attached hydrogens (tertiary/aromatic N) is 2. The molecular formula is C20H20N4O2. The highest BCUT2D eigenvalue weighted by atomic mass is 16.5. The molecule has 3 aromatic rings. The van der Waals surface area contributed by atoms with Crippen LogP contribution in [0.5, 0.6) is 5.75 Å². The summed E-state index contributed by atoms with van der Waals surface area (Å²) >= 11 is 0. The summed E-state index contributed by atoms with van der Waals surface area (Å²) in [6.07, 6.45) is 0. The highest BCUT2D eigenvalue weighted by Crippen LogP contribution is 2.25. The van der Waals surface area contributed by atoms with Gasteiger partial charge in [-0.15, -0.1) is 10.2 Å². The molecule has 0 aliphatic carbocycles. The van der Waals surface area contributed by atoms with Crippen molar-refractivity contribution in [2.24, 2.45) is 0 Å². The summed E-state index contributed by atoms with van der Waals surface area (Å²) in [5.74, 6) is 0.818. The molecule has 132 valence electrons. The van der Waals surface area contributed by atoms with Crippen LogP contribution in [0.4, 0.5) is 17.2 Å². The zero-order valence-electron chi connectivity index (χ0n) is 14.9. The van der Waals surface area contributed by atoms with Gasteiger partial charge < -0.3 is 15.4 Å². The van der Waals surface area contributed by atoms with Crippen molar-refractivity contribution in [1.82, 2.24) is 10.2 Å². The van der Waals surface area contributed by atoms with E-state index >= 15 is 0 Å². The van der Waals surface area contributed by atoms with E-state index in [0.717, 1.165) is 16.8 Å². The number of aryl methyl sites for hydroxylation is 2. The predicted molar refractivity (Wildman–Crippen MR) is 102 cm³/mol. The lowest BCUT2D eigenvalue weighted by Crippen LogP contribution is -2.15. The highest BCUT2D eigenvalue weighted by molar-refractivity contribution is 6.03. The average molecular weight is 348 g/mol.